The van der Waals surface area contributed by atoms with Crippen LogP contribution in [0.2, 0.25) is 0 Å². The summed E-state index contributed by atoms with van der Waals surface area (Å²) in [4.78, 5) is 31.5. The highest BCUT2D eigenvalue weighted by atomic mass is 32.2. The number of carbonyl (C=O) groups is 1. The molecule has 0 saturated carbocycles. The van der Waals surface area contributed by atoms with Crippen LogP contribution in [-0.2, 0) is 24.2 Å². The van der Waals surface area contributed by atoms with Crippen molar-refractivity contribution in [3.63, 3.8) is 0 Å². The number of nitrogens with one attached hydrogen (secondary N) is 1. The summed E-state index contributed by atoms with van der Waals surface area (Å²) in [5.74, 6) is 0.624. The topological polar surface area (TPSA) is 73.2 Å². The van der Waals surface area contributed by atoms with Gasteiger partial charge in [0, 0.05) is 18.2 Å². The molecule has 6 nitrogen and oxygen atoms in total. The molecule has 0 radical (unpaired) electrons. The number of nitrogens with zero attached hydrogens (tertiary/aromatic N) is 2. The number of hydrogen-bond donors (Lipinski definition) is 1. The van der Waals surface area contributed by atoms with Crippen LogP contribution >= 0.6 is 23.5 Å². The molecule has 1 aliphatic rings. The van der Waals surface area contributed by atoms with Gasteiger partial charge in [0.2, 0.25) is 5.91 Å². The molecule has 4 rings (SSSR count). The standard InChI is InChI=1S/C25H27N3O3S2/c1-3-31-21-12-8-7-11-19(21)26-22(29)16-32-25-27-20-15-17(2)33-23(20)24(30)28(25)14-13-18-9-5-4-6-10-18/h4-12,17H,3,13-16H2,1-2H3,(H,26,29). The van der Waals surface area contributed by atoms with Crippen LogP contribution in [0, 0.1) is 0 Å². The number of amides is 1. The van der Waals surface area contributed by atoms with Gasteiger partial charge in [-0.2, -0.15) is 0 Å². The lowest BCUT2D eigenvalue weighted by Crippen LogP contribution is -2.27. The van der Waals surface area contributed by atoms with Crippen molar-refractivity contribution in [3.05, 3.63) is 76.2 Å². The fraction of sp³-hybridized carbons (Fsp3) is 0.320. The summed E-state index contributed by atoms with van der Waals surface area (Å²) in [6, 6.07) is 17.4. The van der Waals surface area contributed by atoms with Gasteiger partial charge in [0.05, 0.1) is 28.6 Å². The van der Waals surface area contributed by atoms with E-state index in [-0.39, 0.29) is 17.2 Å². The van der Waals surface area contributed by atoms with Crippen molar-refractivity contribution in [3.8, 4) is 5.75 Å². The maximum Gasteiger partial charge on any atom is 0.268 e. The van der Waals surface area contributed by atoms with E-state index < -0.39 is 0 Å². The van der Waals surface area contributed by atoms with Gasteiger partial charge in [-0.05, 0) is 31.0 Å². The van der Waals surface area contributed by atoms with Crippen molar-refractivity contribution in [1.29, 1.82) is 0 Å². The second-order valence-corrected chi connectivity index (χ2v) is 10.2. The summed E-state index contributed by atoms with van der Waals surface area (Å²) in [5, 5.41) is 3.84. The molecule has 1 N–H and O–H groups in total. The average Bonchev–Trinajstić information content (AvgIpc) is 3.20. The van der Waals surface area contributed by atoms with Gasteiger partial charge in [-0.3, -0.25) is 14.2 Å². The first kappa shape index (κ1) is 23.4. The summed E-state index contributed by atoms with van der Waals surface area (Å²) in [6.45, 7) is 5.05. The predicted octanol–water partition coefficient (Wildman–Crippen LogP) is 4.65. The molecule has 0 spiro atoms. The summed E-state index contributed by atoms with van der Waals surface area (Å²) in [7, 11) is 0. The molecule has 1 atom stereocenters. The van der Waals surface area contributed by atoms with Crippen molar-refractivity contribution in [2.75, 3.05) is 17.7 Å². The molecule has 2 heterocycles. The van der Waals surface area contributed by atoms with Crippen LogP contribution < -0.4 is 15.6 Å². The van der Waals surface area contributed by atoms with Crippen LogP contribution in [0.4, 0.5) is 5.69 Å². The molecule has 33 heavy (non-hydrogen) atoms. The monoisotopic (exact) mass is 481 g/mol. The number of para-hydroxylation sites is 2. The van der Waals surface area contributed by atoms with Crippen LogP contribution in [-0.4, -0.2) is 33.1 Å². The highest BCUT2D eigenvalue weighted by molar-refractivity contribution is 8.00. The largest absolute Gasteiger partial charge is 0.492 e. The lowest BCUT2D eigenvalue weighted by molar-refractivity contribution is -0.113. The Hall–Kier alpha value is -2.71. The van der Waals surface area contributed by atoms with Gasteiger partial charge in [-0.25, -0.2) is 4.98 Å². The van der Waals surface area contributed by atoms with Gasteiger partial charge < -0.3 is 10.1 Å². The van der Waals surface area contributed by atoms with Crippen LogP contribution in [0.3, 0.4) is 0 Å². The molecular formula is C25H27N3O3S2. The van der Waals surface area contributed by atoms with Gasteiger partial charge in [0.15, 0.2) is 5.16 Å². The third-order valence-corrected chi connectivity index (χ3v) is 7.41. The lowest BCUT2D eigenvalue weighted by Gasteiger charge is -2.14. The van der Waals surface area contributed by atoms with Crippen LogP contribution in [0.25, 0.3) is 0 Å². The minimum absolute atomic E-state index is 0.00474. The summed E-state index contributed by atoms with van der Waals surface area (Å²) >= 11 is 2.90. The Bertz CT molecular complexity index is 1180. The van der Waals surface area contributed by atoms with Crippen LogP contribution in [0.5, 0.6) is 5.75 Å². The Morgan fingerprint density at radius 1 is 1.21 bits per heavy atom. The Balaban J connectivity index is 1.51. The van der Waals surface area contributed by atoms with Crippen molar-refractivity contribution >= 4 is 35.1 Å². The minimum Gasteiger partial charge on any atom is -0.492 e. The summed E-state index contributed by atoms with van der Waals surface area (Å²) in [6.07, 6.45) is 1.50. The zero-order chi connectivity index (χ0) is 23.2. The molecule has 1 aliphatic heterocycles. The molecule has 0 aliphatic carbocycles. The van der Waals surface area contributed by atoms with Gasteiger partial charge in [0.1, 0.15) is 5.75 Å². The molecule has 2 aromatic carbocycles. The van der Waals surface area contributed by atoms with E-state index in [9.17, 15) is 9.59 Å². The number of ether oxygens (including phenoxy) is 1. The first-order valence-corrected chi connectivity index (χ1v) is 12.9. The Morgan fingerprint density at radius 3 is 2.76 bits per heavy atom. The number of aryl methyl sites for hydroxylation is 1. The second-order valence-electron chi connectivity index (χ2n) is 7.76. The summed E-state index contributed by atoms with van der Waals surface area (Å²) < 4.78 is 7.31. The number of benzene rings is 2. The van der Waals surface area contributed by atoms with Gasteiger partial charge >= 0.3 is 0 Å². The quantitative estimate of drug-likeness (QED) is 0.354. The van der Waals surface area contributed by atoms with E-state index in [4.69, 9.17) is 9.72 Å². The molecule has 3 aromatic rings. The lowest BCUT2D eigenvalue weighted by atomic mass is 10.1. The van der Waals surface area contributed by atoms with Gasteiger partial charge in [0.25, 0.3) is 5.56 Å². The number of anilines is 1. The highest BCUT2D eigenvalue weighted by Gasteiger charge is 2.26. The predicted molar refractivity (Wildman–Crippen MR) is 135 cm³/mol. The first-order valence-electron chi connectivity index (χ1n) is 11.0. The second kappa shape index (κ2) is 10.9. The first-order chi connectivity index (χ1) is 16.0. The number of fused-ring (bicyclic) bond motifs is 1. The van der Waals surface area contributed by atoms with Crippen LogP contribution in [0.1, 0.15) is 25.1 Å². The molecule has 1 unspecified atom stereocenters. The van der Waals surface area contributed by atoms with E-state index in [0.717, 1.165) is 29.0 Å². The molecule has 1 aromatic heterocycles. The van der Waals surface area contributed by atoms with Crippen molar-refractivity contribution < 1.29 is 9.53 Å². The fourth-order valence-corrected chi connectivity index (χ4v) is 5.65. The molecule has 172 valence electrons. The summed E-state index contributed by atoms with van der Waals surface area (Å²) in [5.41, 5.74) is 2.64. The number of carbonyl (C=O) groups excluding carboxylic acids is 1. The normalized spacial score (nSPS) is 14.7. The van der Waals surface area contributed by atoms with Crippen molar-refractivity contribution in [2.24, 2.45) is 0 Å². The van der Waals surface area contributed by atoms with E-state index in [0.29, 0.717) is 35.0 Å². The molecule has 8 heteroatoms. The number of thioether (sulfide) groups is 2. The molecular weight excluding hydrogens is 454 g/mol. The molecule has 0 bridgehead atoms. The van der Waals surface area contributed by atoms with Gasteiger partial charge in [-0.15, -0.1) is 11.8 Å². The SMILES string of the molecule is CCOc1ccccc1NC(=O)CSc1nc2c(c(=O)n1CCc1ccccc1)SC(C)C2. The number of rotatable bonds is 9. The van der Waals surface area contributed by atoms with Crippen molar-refractivity contribution in [2.45, 2.75) is 48.5 Å². The third-order valence-electron chi connectivity index (χ3n) is 5.22. The number of aromatic nitrogens is 2. The number of hydrogen-bond acceptors (Lipinski definition) is 6. The zero-order valence-electron chi connectivity index (χ0n) is 18.7. The fourth-order valence-electron chi connectivity index (χ4n) is 3.69. The maximum atomic E-state index is 13.3. The third kappa shape index (κ3) is 5.81. The maximum absolute atomic E-state index is 13.3. The van der Waals surface area contributed by atoms with Gasteiger partial charge in [-0.1, -0.05) is 61.2 Å². The minimum atomic E-state index is -0.167. The van der Waals surface area contributed by atoms with E-state index in [2.05, 4.69) is 24.4 Å². The van der Waals surface area contributed by atoms with E-state index in [1.54, 1.807) is 16.3 Å². The zero-order valence-corrected chi connectivity index (χ0v) is 20.4. The Morgan fingerprint density at radius 2 is 1.97 bits per heavy atom. The van der Waals surface area contributed by atoms with Crippen molar-refractivity contribution in [1.82, 2.24) is 9.55 Å². The molecule has 1 amide bonds. The van der Waals surface area contributed by atoms with E-state index in [1.165, 1.54) is 11.8 Å². The van der Waals surface area contributed by atoms with Crippen LogP contribution in [0.15, 0.2) is 69.4 Å². The molecule has 0 saturated heterocycles. The highest BCUT2D eigenvalue weighted by Crippen LogP contribution is 2.34. The van der Waals surface area contributed by atoms with E-state index >= 15 is 0 Å². The molecule has 0 fully saturated rings. The average molecular weight is 482 g/mol. The van der Waals surface area contributed by atoms with E-state index in [1.807, 2.05) is 49.4 Å². The Labute approximate surface area is 202 Å². The smallest absolute Gasteiger partial charge is 0.268 e. The Kier molecular flexibility index (Phi) is 7.77.